The summed E-state index contributed by atoms with van der Waals surface area (Å²) in [6.07, 6.45) is 1.28. The van der Waals surface area contributed by atoms with Crippen LogP contribution < -0.4 is 5.73 Å². The van der Waals surface area contributed by atoms with Crippen molar-refractivity contribution in [3.63, 3.8) is 0 Å². The molecule has 0 aromatic rings. The van der Waals surface area contributed by atoms with Crippen molar-refractivity contribution in [1.29, 1.82) is 0 Å². The maximum atomic E-state index is 12.2. The Hall–Kier alpha value is -0.180. The molecule has 2 aliphatic rings. The Morgan fingerprint density at radius 2 is 1.75 bits per heavy atom. The third-order valence-corrected chi connectivity index (χ3v) is 2.36. The van der Waals surface area contributed by atoms with Crippen LogP contribution in [-0.4, -0.2) is 12.0 Å². The van der Waals surface area contributed by atoms with E-state index in [2.05, 4.69) is 0 Å². The van der Waals surface area contributed by atoms with E-state index in [0.717, 1.165) is 0 Å². The molecule has 0 aliphatic heterocycles. The smallest absolute Gasteiger partial charge is 0.270 e. The van der Waals surface area contributed by atoms with Crippen LogP contribution in [0.2, 0.25) is 0 Å². The van der Waals surface area contributed by atoms with Gasteiger partial charge in [0.1, 0.15) is 0 Å². The van der Waals surface area contributed by atoms with Crippen molar-refractivity contribution in [2.45, 2.75) is 24.8 Å². The fourth-order valence-electron chi connectivity index (χ4n) is 1.32. The number of hydrogen-bond acceptors (Lipinski definition) is 1. The average molecular weight is 119 g/mol. The Labute approximate surface area is 45.9 Å². The second kappa shape index (κ2) is 0.817. The first kappa shape index (κ1) is 4.68. The van der Waals surface area contributed by atoms with Crippen LogP contribution >= 0.6 is 0 Å². The number of hydrogen-bond donors (Lipinski definition) is 1. The zero-order valence-corrected chi connectivity index (χ0v) is 4.32. The van der Waals surface area contributed by atoms with Gasteiger partial charge in [0.25, 0.3) is 5.92 Å². The van der Waals surface area contributed by atoms with E-state index >= 15 is 0 Å². The molecule has 2 fully saturated rings. The van der Waals surface area contributed by atoms with Crippen LogP contribution in [0.5, 0.6) is 0 Å². The Morgan fingerprint density at radius 1 is 1.38 bits per heavy atom. The summed E-state index contributed by atoms with van der Waals surface area (Å²) in [6, 6.07) is -0.810. The van der Waals surface area contributed by atoms with E-state index in [9.17, 15) is 8.78 Å². The standard InChI is InChI=1S/C5H7F2N/c6-5(7)3(8)4(5)1-2-4/h3H,1-2,8H2. The molecule has 2 rings (SSSR count). The first-order valence-electron chi connectivity index (χ1n) is 2.75. The molecule has 0 aromatic heterocycles. The summed E-state index contributed by atoms with van der Waals surface area (Å²) in [5, 5.41) is 0. The van der Waals surface area contributed by atoms with E-state index in [0.29, 0.717) is 12.8 Å². The minimum Gasteiger partial charge on any atom is -0.322 e. The highest BCUT2D eigenvalue weighted by atomic mass is 19.3. The van der Waals surface area contributed by atoms with Crippen LogP contribution in [-0.2, 0) is 0 Å². The summed E-state index contributed by atoms with van der Waals surface area (Å²) in [5.74, 6) is -2.51. The molecule has 2 aliphatic carbocycles. The van der Waals surface area contributed by atoms with E-state index in [1.807, 2.05) is 0 Å². The monoisotopic (exact) mass is 119 g/mol. The summed E-state index contributed by atoms with van der Waals surface area (Å²) in [4.78, 5) is 0. The summed E-state index contributed by atoms with van der Waals surface area (Å²) in [5.41, 5.74) is 4.39. The van der Waals surface area contributed by atoms with Gasteiger partial charge in [0, 0.05) is 0 Å². The van der Waals surface area contributed by atoms with Crippen molar-refractivity contribution >= 4 is 0 Å². The number of alkyl halides is 2. The van der Waals surface area contributed by atoms with Crippen LogP contribution in [0.15, 0.2) is 0 Å². The summed E-state index contributed by atoms with van der Waals surface area (Å²) in [7, 11) is 0. The molecule has 0 saturated heterocycles. The van der Waals surface area contributed by atoms with E-state index in [-0.39, 0.29) is 0 Å². The van der Waals surface area contributed by atoms with Crippen LogP contribution in [0.3, 0.4) is 0 Å². The Bertz CT molecular complexity index is 135. The molecule has 0 radical (unpaired) electrons. The summed E-state index contributed by atoms with van der Waals surface area (Å²) >= 11 is 0. The SMILES string of the molecule is NC1C(F)(F)C12CC2. The molecule has 0 aromatic carbocycles. The van der Waals surface area contributed by atoms with Crippen LogP contribution in [0.4, 0.5) is 8.78 Å². The second-order valence-corrected chi connectivity index (χ2v) is 2.76. The van der Waals surface area contributed by atoms with Crippen LogP contribution in [0.1, 0.15) is 12.8 Å². The van der Waals surface area contributed by atoms with Crippen molar-refractivity contribution in [1.82, 2.24) is 0 Å². The molecule has 0 amide bonds. The third-order valence-electron chi connectivity index (χ3n) is 2.36. The highest BCUT2D eigenvalue weighted by Gasteiger charge is 2.85. The molecule has 2 N–H and O–H groups in total. The van der Waals surface area contributed by atoms with Crippen LogP contribution in [0.25, 0.3) is 0 Å². The normalized spacial score (nSPS) is 44.6. The molecule has 0 heterocycles. The van der Waals surface area contributed by atoms with Gasteiger partial charge >= 0.3 is 0 Å². The zero-order chi connectivity index (χ0) is 5.99. The van der Waals surface area contributed by atoms with Gasteiger partial charge in [-0.1, -0.05) is 0 Å². The van der Waals surface area contributed by atoms with Gasteiger partial charge in [0.05, 0.1) is 11.5 Å². The Morgan fingerprint density at radius 3 is 1.75 bits per heavy atom. The van der Waals surface area contributed by atoms with Gasteiger partial charge in [-0.25, -0.2) is 8.78 Å². The van der Waals surface area contributed by atoms with Gasteiger partial charge in [-0.05, 0) is 12.8 Å². The lowest BCUT2D eigenvalue weighted by molar-refractivity contribution is 0.0887. The summed E-state index contributed by atoms with van der Waals surface area (Å²) in [6.45, 7) is 0. The lowest BCUT2D eigenvalue weighted by Gasteiger charge is -1.85. The Balaban J connectivity index is 2.26. The van der Waals surface area contributed by atoms with Crippen molar-refractivity contribution < 1.29 is 8.78 Å². The van der Waals surface area contributed by atoms with Crippen molar-refractivity contribution in [3.8, 4) is 0 Å². The van der Waals surface area contributed by atoms with E-state index in [4.69, 9.17) is 5.73 Å². The molecule has 1 unspecified atom stereocenters. The fraction of sp³-hybridized carbons (Fsp3) is 1.00. The second-order valence-electron chi connectivity index (χ2n) is 2.76. The van der Waals surface area contributed by atoms with Gasteiger partial charge in [0.15, 0.2) is 0 Å². The van der Waals surface area contributed by atoms with E-state index in [1.54, 1.807) is 0 Å². The largest absolute Gasteiger partial charge is 0.322 e. The molecule has 3 heteroatoms. The molecular formula is C5H7F2N. The number of halogens is 2. The fourth-order valence-corrected chi connectivity index (χ4v) is 1.32. The van der Waals surface area contributed by atoms with Crippen molar-refractivity contribution in [3.05, 3.63) is 0 Å². The van der Waals surface area contributed by atoms with Gasteiger partial charge in [0.2, 0.25) is 0 Å². The van der Waals surface area contributed by atoms with E-state index < -0.39 is 17.4 Å². The zero-order valence-electron chi connectivity index (χ0n) is 4.32. The first-order valence-corrected chi connectivity index (χ1v) is 2.75. The van der Waals surface area contributed by atoms with Crippen LogP contribution in [0, 0.1) is 5.41 Å². The van der Waals surface area contributed by atoms with Gasteiger partial charge in [-0.2, -0.15) is 0 Å². The third kappa shape index (κ3) is 0.238. The predicted octanol–water partition coefficient (Wildman–Crippen LogP) is 0.743. The molecular weight excluding hydrogens is 112 g/mol. The first-order chi connectivity index (χ1) is 3.61. The number of rotatable bonds is 0. The Kier molecular flexibility index (Phi) is 0.477. The van der Waals surface area contributed by atoms with Gasteiger partial charge in [-0.15, -0.1) is 0 Å². The maximum Gasteiger partial charge on any atom is 0.270 e. The molecule has 0 bridgehead atoms. The topological polar surface area (TPSA) is 26.0 Å². The lowest BCUT2D eigenvalue weighted by Crippen LogP contribution is -2.08. The van der Waals surface area contributed by atoms with Gasteiger partial charge < -0.3 is 5.73 Å². The maximum absolute atomic E-state index is 12.2. The molecule has 1 atom stereocenters. The van der Waals surface area contributed by atoms with Gasteiger partial charge in [-0.3, -0.25) is 0 Å². The molecule has 1 spiro atoms. The highest BCUT2D eigenvalue weighted by Crippen LogP contribution is 2.74. The summed E-state index contributed by atoms with van der Waals surface area (Å²) < 4.78 is 24.5. The average Bonchev–Trinajstić information content (AvgIpc) is 2.47. The molecule has 46 valence electrons. The predicted molar refractivity (Wildman–Crippen MR) is 24.6 cm³/mol. The number of nitrogens with two attached hydrogens (primary N) is 1. The molecule has 2 saturated carbocycles. The minimum atomic E-state index is -2.51. The molecule has 8 heavy (non-hydrogen) atoms. The highest BCUT2D eigenvalue weighted by molar-refractivity contribution is 5.29. The van der Waals surface area contributed by atoms with Crippen molar-refractivity contribution in [2.75, 3.05) is 0 Å². The minimum absolute atomic E-state index is 0.640. The lowest BCUT2D eigenvalue weighted by atomic mass is 10.4. The molecule has 1 nitrogen and oxygen atoms in total. The van der Waals surface area contributed by atoms with E-state index in [1.165, 1.54) is 0 Å². The van der Waals surface area contributed by atoms with Crippen molar-refractivity contribution in [2.24, 2.45) is 11.1 Å². The quantitative estimate of drug-likeness (QED) is 0.500.